The minimum atomic E-state index is -3.15. The Kier molecular flexibility index (Phi) is 5.64. The predicted molar refractivity (Wildman–Crippen MR) is 113 cm³/mol. The van der Waals surface area contributed by atoms with Crippen LogP contribution in [0.5, 0.6) is 0 Å². The highest BCUT2D eigenvalue weighted by Gasteiger charge is 2.34. The summed E-state index contributed by atoms with van der Waals surface area (Å²) < 4.78 is 42.9. The number of hydrogen-bond donors (Lipinski definition) is 0. The fourth-order valence-corrected chi connectivity index (χ4v) is 5.71. The molecule has 0 saturated carbocycles. The highest BCUT2D eigenvalue weighted by atomic mass is 32.2. The van der Waals surface area contributed by atoms with Gasteiger partial charge in [-0.1, -0.05) is 25.1 Å². The van der Waals surface area contributed by atoms with Gasteiger partial charge in [0.25, 0.3) is 0 Å². The summed E-state index contributed by atoms with van der Waals surface area (Å²) in [6, 6.07) is 11.5. The minimum absolute atomic E-state index is 0.0357. The molecule has 1 amide bonds. The molecule has 0 N–H and O–H groups in total. The van der Waals surface area contributed by atoms with Gasteiger partial charge in [0, 0.05) is 23.5 Å². The fourth-order valence-electron chi connectivity index (χ4n) is 3.98. The van der Waals surface area contributed by atoms with Crippen LogP contribution in [0.4, 0.5) is 4.39 Å². The van der Waals surface area contributed by atoms with Crippen LogP contribution >= 0.6 is 0 Å². The van der Waals surface area contributed by atoms with Gasteiger partial charge in [0.15, 0.2) is 9.84 Å². The molecule has 1 atom stereocenters. The first kappa shape index (κ1) is 20.6. The van der Waals surface area contributed by atoms with Gasteiger partial charge in [0.05, 0.1) is 24.2 Å². The van der Waals surface area contributed by atoms with E-state index in [9.17, 15) is 17.6 Å². The van der Waals surface area contributed by atoms with Crippen LogP contribution in [0.1, 0.15) is 30.0 Å². The lowest BCUT2D eigenvalue weighted by molar-refractivity contribution is -0.133. The number of amides is 1. The summed E-state index contributed by atoms with van der Waals surface area (Å²) in [7, 11) is -3.15. The van der Waals surface area contributed by atoms with Gasteiger partial charge in [-0.25, -0.2) is 12.8 Å². The second-order valence-electron chi connectivity index (χ2n) is 7.83. The first-order chi connectivity index (χ1) is 14.3. The number of fused-ring (bicyclic) bond motifs is 1. The van der Waals surface area contributed by atoms with Crippen LogP contribution in [0.3, 0.4) is 0 Å². The quantitative estimate of drug-likeness (QED) is 0.596. The summed E-state index contributed by atoms with van der Waals surface area (Å²) in [5.41, 5.74) is 3.43. The van der Waals surface area contributed by atoms with E-state index in [1.807, 2.05) is 18.2 Å². The van der Waals surface area contributed by atoms with E-state index >= 15 is 0 Å². The van der Waals surface area contributed by atoms with Crippen LogP contribution in [0, 0.1) is 5.82 Å². The van der Waals surface area contributed by atoms with Crippen molar-refractivity contribution in [3.63, 3.8) is 0 Å². The lowest BCUT2D eigenvalue weighted by atomic mass is 10.0. The Morgan fingerprint density at radius 2 is 1.90 bits per heavy atom. The van der Waals surface area contributed by atoms with Crippen molar-refractivity contribution in [2.24, 2.45) is 0 Å². The van der Waals surface area contributed by atoms with Crippen LogP contribution in [-0.2, 0) is 34.0 Å². The number of rotatable bonds is 6. The van der Waals surface area contributed by atoms with E-state index in [1.165, 1.54) is 12.1 Å². The summed E-state index contributed by atoms with van der Waals surface area (Å²) in [5, 5.41) is 0.906. The largest absolute Gasteiger partial charge is 0.464 e. The Morgan fingerprint density at radius 1 is 1.17 bits per heavy atom. The van der Waals surface area contributed by atoms with Crippen LogP contribution in [0.15, 0.2) is 53.1 Å². The molecule has 7 heteroatoms. The topological polar surface area (TPSA) is 67.6 Å². The molecule has 0 aliphatic carbocycles. The molecular weight excluding hydrogens is 405 g/mol. The van der Waals surface area contributed by atoms with Crippen molar-refractivity contribution < 1.29 is 22.0 Å². The zero-order valence-corrected chi connectivity index (χ0v) is 17.6. The van der Waals surface area contributed by atoms with Gasteiger partial charge in [-0.3, -0.25) is 4.79 Å². The Labute approximate surface area is 175 Å². The Bertz CT molecular complexity index is 1170. The van der Waals surface area contributed by atoms with E-state index in [2.05, 4.69) is 6.92 Å². The summed E-state index contributed by atoms with van der Waals surface area (Å²) in [4.78, 5) is 14.9. The van der Waals surface area contributed by atoms with Gasteiger partial charge in [0.2, 0.25) is 5.91 Å². The molecule has 1 saturated heterocycles. The van der Waals surface area contributed by atoms with Crippen molar-refractivity contribution in [1.82, 2.24) is 4.90 Å². The number of benzene rings is 2. The van der Waals surface area contributed by atoms with Gasteiger partial charge >= 0.3 is 0 Å². The summed E-state index contributed by atoms with van der Waals surface area (Å²) in [5.74, 6) is -0.464. The van der Waals surface area contributed by atoms with Crippen molar-refractivity contribution in [2.45, 2.75) is 38.8 Å². The van der Waals surface area contributed by atoms with Gasteiger partial charge < -0.3 is 9.32 Å². The van der Waals surface area contributed by atoms with Crippen LogP contribution < -0.4 is 0 Å². The SMILES string of the molecule is CCc1ccc2occ(CC(=O)N(Cc3ccc(F)cc3)C3CCS(=O)(=O)C3)c2c1. The van der Waals surface area contributed by atoms with E-state index in [0.29, 0.717) is 6.42 Å². The fraction of sp³-hybridized carbons (Fsp3) is 0.348. The molecule has 4 rings (SSSR count). The predicted octanol–water partition coefficient (Wildman–Crippen LogP) is 3.89. The van der Waals surface area contributed by atoms with Crippen molar-refractivity contribution in [3.8, 4) is 0 Å². The first-order valence-corrected chi connectivity index (χ1v) is 11.9. The van der Waals surface area contributed by atoms with Crippen molar-refractivity contribution in [1.29, 1.82) is 0 Å². The van der Waals surface area contributed by atoms with Crippen LogP contribution in [0.2, 0.25) is 0 Å². The van der Waals surface area contributed by atoms with Crippen molar-refractivity contribution >= 4 is 26.7 Å². The Hall–Kier alpha value is -2.67. The molecule has 3 aromatic rings. The molecule has 1 unspecified atom stereocenters. The maximum Gasteiger partial charge on any atom is 0.227 e. The molecule has 5 nitrogen and oxygen atoms in total. The maximum absolute atomic E-state index is 13.3. The third-order valence-electron chi connectivity index (χ3n) is 5.70. The molecule has 2 aromatic carbocycles. The first-order valence-electron chi connectivity index (χ1n) is 10.1. The number of carbonyl (C=O) groups excluding carboxylic acids is 1. The molecule has 0 bridgehead atoms. The molecule has 158 valence electrons. The van der Waals surface area contributed by atoms with Gasteiger partial charge in [-0.05, 0) is 48.2 Å². The van der Waals surface area contributed by atoms with Gasteiger partial charge in [0.1, 0.15) is 11.4 Å². The number of halogens is 1. The summed E-state index contributed by atoms with van der Waals surface area (Å²) in [6.45, 7) is 2.31. The van der Waals surface area contributed by atoms with E-state index in [1.54, 1.807) is 23.3 Å². The van der Waals surface area contributed by atoms with E-state index in [0.717, 1.165) is 34.1 Å². The van der Waals surface area contributed by atoms with Gasteiger partial charge in [-0.15, -0.1) is 0 Å². The minimum Gasteiger partial charge on any atom is -0.464 e. The van der Waals surface area contributed by atoms with E-state index < -0.39 is 9.84 Å². The maximum atomic E-state index is 13.3. The molecular formula is C23H24FNO4S. The summed E-state index contributed by atoms with van der Waals surface area (Å²) >= 11 is 0. The van der Waals surface area contributed by atoms with Crippen LogP contribution in [0.25, 0.3) is 11.0 Å². The highest BCUT2D eigenvalue weighted by Crippen LogP contribution is 2.26. The molecule has 2 heterocycles. The number of carbonyl (C=O) groups is 1. The van der Waals surface area contributed by atoms with Crippen LogP contribution in [-0.4, -0.2) is 36.8 Å². The lowest BCUT2D eigenvalue weighted by Crippen LogP contribution is -2.41. The van der Waals surface area contributed by atoms with Gasteiger partial charge in [-0.2, -0.15) is 0 Å². The third-order valence-corrected chi connectivity index (χ3v) is 7.45. The number of nitrogens with zero attached hydrogens (tertiary/aromatic N) is 1. The van der Waals surface area contributed by atoms with E-state index in [4.69, 9.17) is 4.42 Å². The monoisotopic (exact) mass is 429 g/mol. The molecule has 30 heavy (non-hydrogen) atoms. The molecule has 1 aliphatic rings. The number of furan rings is 1. The third kappa shape index (κ3) is 4.41. The second kappa shape index (κ2) is 8.22. The average molecular weight is 430 g/mol. The van der Waals surface area contributed by atoms with Crippen molar-refractivity contribution in [3.05, 3.63) is 71.2 Å². The highest BCUT2D eigenvalue weighted by molar-refractivity contribution is 7.91. The number of aryl methyl sites for hydroxylation is 1. The zero-order chi connectivity index (χ0) is 21.3. The molecule has 1 fully saturated rings. The van der Waals surface area contributed by atoms with E-state index in [-0.39, 0.29) is 42.2 Å². The lowest BCUT2D eigenvalue weighted by Gasteiger charge is -2.28. The van der Waals surface area contributed by atoms with Crippen molar-refractivity contribution in [2.75, 3.05) is 11.5 Å². The smallest absolute Gasteiger partial charge is 0.227 e. The number of sulfone groups is 1. The molecule has 0 radical (unpaired) electrons. The average Bonchev–Trinajstić information content (AvgIpc) is 3.29. The standard InChI is InChI=1S/C23H24FNO4S/c1-2-16-5-8-22-21(11-16)18(14-29-22)12-23(26)25(20-9-10-30(27,28)15-20)13-17-3-6-19(24)7-4-17/h3-8,11,14,20H,2,9-10,12-13,15H2,1H3. The molecule has 0 spiro atoms. The Balaban J connectivity index is 1.61. The normalized spacial score (nSPS) is 18.0. The Morgan fingerprint density at radius 3 is 2.57 bits per heavy atom. The summed E-state index contributed by atoms with van der Waals surface area (Å²) in [6.07, 6.45) is 3.02. The molecule has 1 aromatic heterocycles. The number of hydrogen-bond acceptors (Lipinski definition) is 4. The zero-order valence-electron chi connectivity index (χ0n) is 16.8. The molecule has 1 aliphatic heterocycles. The second-order valence-corrected chi connectivity index (χ2v) is 10.1.